The van der Waals surface area contributed by atoms with Crippen molar-refractivity contribution in [2.45, 2.75) is 44.7 Å². The summed E-state index contributed by atoms with van der Waals surface area (Å²) in [5, 5.41) is 13.1. The van der Waals surface area contributed by atoms with Crippen molar-refractivity contribution in [3.63, 3.8) is 0 Å². The van der Waals surface area contributed by atoms with Gasteiger partial charge in [0.15, 0.2) is 24.5 Å². The molecule has 2 amide bonds. The van der Waals surface area contributed by atoms with E-state index in [9.17, 15) is 18.0 Å². The number of benzene rings is 1. The number of anilines is 1. The van der Waals surface area contributed by atoms with E-state index in [0.717, 1.165) is 47.6 Å². The smallest absolute Gasteiger partial charge is 0.418 e. The Morgan fingerprint density at radius 3 is 2.53 bits per heavy atom. The maximum absolute atomic E-state index is 13.1. The van der Waals surface area contributed by atoms with E-state index in [1.807, 2.05) is 29.9 Å². The Labute approximate surface area is 263 Å². The third-order valence-corrected chi connectivity index (χ3v) is 7.86. The number of unbranched alkanes of at least 4 members (excludes halogenated alkanes) is 1. The van der Waals surface area contributed by atoms with Gasteiger partial charge in [0.1, 0.15) is 29.8 Å². The number of aromatic nitrogens is 3. The highest BCUT2D eigenvalue weighted by Gasteiger charge is 2.58. The molecule has 3 aromatic rings. The number of nitrogens with two attached hydrogens (primary N) is 2. The first kappa shape index (κ1) is 33.7. The van der Waals surface area contributed by atoms with E-state index in [1.54, 1.807) is 12.1 Å². The molecule has 1 fully saturated rings. The average Bonchev–Trinajstić information content (AvgIpc) is 3.42. The summed E-state index contributed by atoms with van der Waals surface area (Å²) in [6, 6.07) is 10.2. The second-order valence-corrected chi connectivity index (χ2v) is 12.4. The fourth-order valence-electron chi connectivity index (χ4n) is 4.44. The Bertz CT molecular complexity index is 1660. The van der Waals surface area contributed by atoms with Gasteiger partial charge in [0.25, 0.3) is 11.8 Å². The number of β-lactam (4-membered cyclic amide) rings is 1. The normalized spacial score (nSPS) is 16.3. The van der Waals surface area contributed by atoms with Crippen molar-refractivity contribution >= 4 is 44.4 Å². The molecule has 3 heterocycles. The Balaban J connectivity index is 1.33. The minimum atomic E-state index is -4.95. The molecule has 18 heteroatoms. The molecule has 242 valence electrons. The fraction of sp³-hybridized carbons (Fsp3) is 0.407. The maximum atomic E-state index is 13.1. The lowest BCUT2D eigenvalue weighted by atomic mass is 9.84. The molecular weight excluding hydrogens is 628 g/mol. The standard InChI is InChI=1S/C27H34N8O8S2/c1-27(2)23(25(37)35(27)43-45(38,39)40)31-24(36)22(21-16-44-26(29)30-21)33-42-15-14-41-19-10-7-17(8-11-19)20-12-9-18(34(3)32-20)6-4-5-13-28/h7-12,16,23H,4-6,13-15,28H2,1-3H3,(H3-,29,30,31,36,38,39,40)/p+1/b33-22-/t23-/m1/s1. The van der Waals surface area contributed by atoms with Crippen LogP contribution in [0.15, 0.2) is 46.9 Å². The lowest BCUT2D eigenvalue weighted by Gasteiger charge is -2.50. The highest BCUT2D eigenvalue weighted by atomic mass is 32.3. The number of nitrogens with zero attached hydrogens (tertiary/aromatic N) is 5. The molecule has 16 nitrogen and oxygen atoms in total. The van der Waals surface area contributed by atoms with Crippen molar-refractivity contribution in [1.29, 1.82) is 0 Å². The molecule has 0 radical (unpaired) electrons. The van der Waals surface area contributed by atoms with Crippen LogP contribution in [-0.4, -0.2) is 77.0 Å². The quantitative estimate of drug-likeness (QED) is 0.0436. The van der Waals surface area contributed by atoms with Crippen LogP contribution in [-0.2, 0) is 42.6 Å². The minimum Gasteiger partial charge on any atom is -0.490 e. The molecule has 1 aliphatic heterocycles. The van der Waals surface area contributed by atoms with Gasteiger partial charge in [-0.05, 0) is 63.6 Å². The third kappa shape index (κ3) is 8.49. The molecular formula is C27H35N8O8S2+. The van der Waals surface area contributed by atoms with E-state index < -0.39 is 33.8 Å². The Hall–Kier alpha value is -4.23. The van der Waals surface area contributed by atoms with Gasteiger partial charge in [0.2, 0.25) is 5.69 Å². The second kappa shape index (κ2) is 14.2. The highest BCUT2D eigenvalue weighted by molar-refractivity contribution is 7.80. The average molecular weight is 664 g/mol. The van der Waals surface area contributed by atoms with Crippen molar-refractivity contribution in [2.75, 3.05) is 25.5 Å². The second-order valence-electron chi connectivity index (χ2n) is 10.5. The van der Waals surface area contributed by atoms with Gasteiger partial charge in [-0.25, -0.2) is 4.98 Å². The number of carbonyl (C=O) groups excluding carboxylic acids is 2. The van der Waals surface area contributed by atoms with Gasteiger partial charge in [-0.2, -0.15) is 13.5 Å². The van der Waals surface area contributed by atoms with Crippen LogP contribution < -0.4 is 26.2 Å². The predicted octanol–water partition coefficient (Wildman–Crippen LogP) is 0.533. The van der Waals surface area contributed by atoms with E-state index in [-0.39, 0.29) is 29.8 Å². The van der Waals surface area contributed by atoms with Crippen LogP contribution in [0.2, 0.25) is 0 Å². The van der Waals surface area contributed by atoms with E-state index in [1.165, 1.54) is 19.2 Å². The molecule has 0 aliphatic carbocycles. The molecule has 0 unspecified atom stereocenters. The summed E-state index contributed by atoms with van der Waals surface area (Å²) in [7, 11) is -3.03. The first-order valence-electron chi connectivity index (χ1n) is 13.8. The van der Waals surface area contributed by atoms with Crippen molar-refractivity contribution in [2.24, 2.45) is 17.9 Å². The van der Waals surface area contributed by atoms with Crippen LogP contribution in [0.1, 0.15) is 38.1 Å². The first-order valence-corrected chi connectivity index (χ1v) is 16.1. The van der Waals surface area contributed by atoms with E-state index in [2.05, 4.69) is 30.9 Å². The highest BCUT2D eigenvalue weighted by Crippen LogP contribution is 2.33. The van der Waals surface area contributed by atoms with Gasteiger partial charge in [0, 0.05) is 28.5 Å². The molecule has 0 saturated carbocycles. The summed E-state index contributed by atoms with van der Waals surface area (Å²) >= 11 is 1.07. The minimum absolute atomic E-state index is 0.0367. The van der Waals surface area contributed by atoms with Crippen LogP contribution >= 0.6 is 11.3 Å². The zero-order chi connectivity index (χ0) is 32.8. The molecule has 1 saturated heterocycles. The van der Waals surface area contributed by atoms with E-state index >= 15 is 0 Å². The zero-order valence-electron chi connectivity index (χ0n) is 24.9. The molecule has 1 aliphatic rings. The van der Waals surface area contributed by atoms with Gasteiger partial charge in [-0.1, -0.05) is 9.84 Å². The van der Waals surface area contributed by atoms with E-state index in [0.29, 0.717) is 17.4 Å². The Morgan fingerprint density at radius 1 is 1.20 bits per heavy atom. The molecule has 1 aromatic carbocycles. The van der Waals surface area contributed by atoms with Crippen molar-refractivity contribution in [3.8, 4) is 17.0 Å². The molecule has 0 bridgehead atoms. The summed E-state index contributed by atoms with van der Waals surface area (Å²) in [5.74, 6) is -1.15. The SMILES string of the molecule is C[n+]1nc(-c2ccc(OCCO/N=C(\C(=O)N[C@@H]3C(=O)N(OS(=O)(=O)O)C3(C)C)c3csc(N)n3)cc2)ccc1CCCCN. The zero-order valence-corrected chi connectivity index (χ0v) is 26.5. The van der Waals surface area contributed by atoms with Crippen LogP contribution in [0.25, 0.3) is 11.3 Å². The first-order chi connectivity index (χ1) is 21.3. The molecule has 1 atom stereocenters. The molecule has 6 N–H and O–H groups in total. The summed E-state index contributed by atoms with van der Waals surface area (Å²) in [4.78, 5) is 34.9. The maximum Gasteiger partial charge on any atom is 0.418 e. The number of amides is 2. The lowest BCUT2D eigenvalue weighted by Crippen LogP contribution is -2.76. The number of ether oxygens (including phenoxy) is 1. The van der Waals surface area contributed by atoms with Crippen molar-refractivity contribution in [3.05, 3.63) is 53.2 Å². The Kier molecular flexibility index (Phi) is 10.7. The number of nitrogens with one attached hydrogen (secondary N) is 1. The Morgan fingerprint density at radius 2 is 1.93 bits per heavy atom. The molecule has 0 spiro atoms. The number of hydroxylamine groups is 2. The van der Waals surface area contributed by atoms with Crippen molar-refractivity contribution < 1.29 is 41.1 Å². The van der Waals surface area contributed by atoms with Gasteiger partial charge in [-0.15, -0.1) is 15.6 Å². The molecule has 2 aromatic heterocycles. The summed E-state index contributed by atoms with van der Waals surface area (Å²) in [6.45, 7) is 3.59. The van der Waals surface area contributed by atoms with Gasteiger partial charge in [-0.3, -0.25) is 14.1 Å². The molecule has 45 heavy (non-hydrogen) atoms. The largest absolute Gasteiger partial charge is 0.490 e. The van der Waals surface area contributed by atoms with Crippen LogP contribution in [0, 0.1) is 0 Å². The number of oxime groups is 1. The number of aryl methyl sites for hydroxylation is 2. The summed E-state index contributed by atoms with van der Waals surface area (Å²) in [5.41, 5.74) is 12.7. The third-order valence-electron chi connectivity index (χ3n) is 6.84. The molecule has 4 rings (SSSR count). The summed E-state index contributed by atoms with van der Waals surface area (Å²) in [6.07, 6.45) is 2.89. The number of carbonyl (C=O) groups is 2. The van der Waals surface area contributed by atoms with Gasteiger partial charge in [0.05, 0.1) is 5.54 Å². The van der Waals surface area contributed by atoms with Crippen molar-refractivity contribution in [1.82, 2.24) is 20.5 Å². The van der Waals surface area contributed by atoms with Gasteiger partial charge < -0.3 is 26.4 Å². The monoisotopic (exact) mass is 663 g/mol. The number of rotatable bonds is 15. The van der Waals surface area contributed by atoms with Crippen LogP contribution in [0.5, 0.6) is 5.75 Å². The van der Waals surface area contributed by atoms with Crippen LogP contribution in [0.3, 0.4) is 0 Å². The predicted molar refractivity (Wildman–Crippen MR) is 163 cm³/mol. The summed E-state index contributed by atoms with van der Waals surface area (Å²) < 4.78 is 43.0. The number of hydrogen-bond acceptors (Lipinski definition) is 13. The number of nitrogen functional groups attached to an aromatic ring is 1. The van der Waals surface area contributed by atoms with Gasteiger partial charge >= 0.3 is 10.4 Å². The van der Waals surface area contributed by atoms with E-state index in [4.69, 9.17) is 25.6 Å². The lowest BCUT2D eigenvalue weighted by molar-refractivity contribution is -0.736. The number of thiazole rings is 1. The van der Waals surface area contributed by atoms with Crippen LogP contribution in [0.4, 0.5) is 5.13 Å². The number of hydrogen-bond donors (Lipinski definition) is 4. The fourth-order valence-corrected chi connectivity index (χ4v) is 5.44. The topological polar surface area (TPSA) is 226 Å².